The predicted molar refractivity (Wildman–Crippen MR) is 101 cm³/mol. The molecule has 0 aliphatic heterocycles. The molecule has 1 atom stereocenters. The summed E-state index contributed by atoms with van der Waals surface area (Å²) in [4.78, 5) is 25.2. The Labute approximate surface area is 158 Å². The molecular weight excluding hydrogens is 349 g/mol. The second-order valence-electron chi connectivity index (χ2n) is 6.07. The number of halogens is 1. The van der Waals surface area contributed by atoms with E-state index in [9.17, 15) is 14.0 Å². The standard InChI is InChI=1S/C20H24FN3O3/c1-3-24(13-19(25)22-12-15-8-4-5-9-16(15)21)14-20(26)23-17-10-6-7-11-18(17)27-2/h4-11H,3,12-14H2,1-2H3,(H,22,25)(H,23,26)/p+1. The van der Waals surface area contributed by atoms with E-state index in [0.717, 1.165) is 4.90 Å². The summed E-state index contributed by atoms with van der Waals surface area (Å²) < 4.78 is 18.8. The number of anilines is 1. The Bertz CT molecular complexity index is 783. The molecule has 7 heteroatoms. The fraction of sp³-hybridized carbons (Fsp3) is 0.300. The predicted octanol–water partition coefficient (Wildman–Crippen LogP) is 0.994. The maximum Gasteiger partial charge on any atom is 0.279 e. The Morgan fingerprint density at radius 3 is 2.41 bits per heavy atom. The number of carbonyl (C=O) groups is 2. The number of amides is 2. The van der Waals surface area contributed by atoms with Crippen LogP contribution in [0.5, 0.6) is 5.75 Å². The van der Waals surface area contributed by atoms with Gasteiger partial charge in [-0.1, -0.05) is 30.3 Å². The molecule has 2 rings (SSSR count). The van der Waals surface area contributed by atoms with Gasteiger partial charge in [-0.25, -0.2) is 4.39 Å². The lowest BCUT2D eigenvalue weighted by Gasteiger charge is -2.17. The SMILES string of the molecule is CC[NH+](CC(=O)NCc1ccccc1F)CC(=O)Nc1ccccc1OC. The van der Waals surface area contributed by atoms with Gasteiger partial charge in [-0.3, -0.25) is 9.59 Å². The molecule has 1 unspecified atom stereocenters. The van der Waals surface area contributed by atoms with Crippen LogP contribution in [0.2, 0.25) is 0 Å². The molecule has 144 valence electrons. The Morgan fingerprint density at radius 1 is 1.04 bits per heavy atom. The summed E-state index contributed by atoms with van der Waals surface area (Å²) in [6, 6.07) is 13.4. The van der Waals surface area contributed by atoms with Crippen molar-refractivity contribution in [2.24, 2.45) is 0 Å². The van der Waals surface area contributed by atoms with Gasteiger partial charge in [-0.15, -0.1) is 0 Å². The lowest BCUT2D eigenvalue weighted by Crippen LogP contribution is -3.13. The monoisotopic (exact) mass is 374 g/mol. The summed E-state index contributed by atoms with van der Waals surface area (Å²) in [6.45, 7) is 2.89. The summed E-state index contributed by atoms with van der Waals surface area (Å²) in [5.41, 5.74) is 1.02. The van der Waals surface area contributed by atoms with Crippen LogP contribution < -0.4 is 20.3 Å². The highest BCUT2D eigenvalue weighted by Gasteiger charge is 2.17. The number of ether oxygens (including phenoxy) is 1. The average molecular weight is 374 g/mol. The maximum absolute atomic E-state index is 13.6. The van der Waals surface area contributed by atoms with Gasteiger partial charge in [0.1, 0.15) is 11.6 Å². The van der Waals surface area contributed by atoms with Crippen molar-refractivity contribution in [1.82, 2.24) is 5.32 Å². The first-order chi connectivity index (χ1) is 13.0. The number of hydrogen-bond donors (Lipinski definition) is 3. The highest BCUT2D eigenvalue weighted by atomic mass is 19.1. The minimum absolute atomic E-state index is 0.121. The van der Waals surface area contributed by atoms with Crippen molar-refractivity contribution in [3.63, 3.8) is 0 Å². The molecule has 0 saturated carbocycles. The molecule has 2 amide bonds. The van der Waals surface area contributed by atoms with Crippen molar-refractivity contribution in [2.75, 3.05) is 32.1 Å². The molecule has 0 bridgehead atoms. The summed E-state index contributed by atoms with van der Waals surface area (Å²) >= 11 is 0. The first-order valence-electron chi connectivity index (χ1n) is 8.80. The molecule has 0 fully saturated rings. The average Bonchev–Trinajstić information content (AvgIpc) is 2.67. The first kappa shape index (κ1) is 20.4. The Hall–Kier alpha value is -2.93. The topological polar surface area (TPSA) is 71.9 Å². The quantitative estimate of drug-likeness (QED) is 0.613. The number of carbonyl (C=O) groups excluding carboxylic acids is 2. The van der Waals surface area contributed by atoms with Gasteiger partial charge in [-0.2, -0.15) is 0 Å². The van der Waals surface area contributed by atoms with Crippen molar-refractivity contribution < 1.29 is 23.6 Å². The molecule has 27 heavy (non-hydrogen) atoms. The van der Waals surface area contributed by atoms with Crippen LogP contribution >= 0.6 is 0 Å². The third kappa shape index (κ3) is 6.38. The molecule has 0 heterocycles. The van der Waals surface area contributed by atoms with E-state index < -0.39 is 0 Å². The lowest BCUT2D eigenvalue weighted by atomic mass is 10.2. The van der Waals surface area contributed by atoms with Crippen LogP contribution in [0.15, 0.2) is 48.5 Å². The molecule has 0 aliphatic carbocycles. The summed E-state index contributed by atoms with van der Waals surface area (Å²) in [6.07, 6.45) is 0. The molecule has 0 aliphatic rings. The second-order valence-corrected chi connectivity index (χ2v) is 6.07. The second kappa shape index (κ2) is 10.3. The van der Waals surface area contributed by atoms with E-state index in [1.165, 1.54) is 13.2 Å². The van der Waals surface area contributed by atoms with Crippen molar-refractivity contribution in [2.45, 2.75) is 13.5 Å². The van der Waals surface area contributed by atoms with Crippen LogP contribution in [0.1, 0.15) is 12.5 Å². The van der Waals surface area contributed by atoms with Crippen molar-refractivity contribution in [3.05, 3.63) is 59.9 Å². The molecule has 6 nitrogen and oxygen atoms in total. The van der Waals surface area contributed by atoms with E-state index >= 15 is 0 Å². The molecule has 0 saturated heterocycles. The van der Waals surface area contributed by atoms with Crippen LogP contribution in [0.25, 0.3) is 0 Å². The number of methoxy groups -OCH3 is 1. The molecule has 2 aromatic carbocycles. The zero-order valence-corrected chi connectivity index (χ0v) is 15.5. The highest BCUT2D eigenvalue weighted by Crippen LogP contribution is 2.22. The Morgan fingerprint density at radius 2 is 1.70 bits per heavy atom. The van der Waals surface area contributed by atoms with Gasteiger partial charge in [0.2, 0.25) is 0 Å². The largest absolute Gasteiger partial charge is 0.495 e. The highest BCUT2D eigenvalue weighted by molar-refractivity contribution is 5.93. The zero-order chi connectivity index (χ0) is 19.6. The number of quaternary nitrogens is 1. The van der Waals surface area contributed by atoms with Crippen molar-refractivity contribution in [1.29, 1.82) is 0 Å². The Balaban J connectivity index is 1.84. The summed E-state index contributed by atoms with van der Waals surface area (Å²) in [5, 5.41) is 5.49. The smallest absolute Gasteiger partial charge is 0.279 e. The van der Waals surface area contributed by atoms with Gasteiger partial charge in [0, 0.05) is 12.1 Å². The van der Waals surface area contributed by atoms with E-state index in [2.05, 4.69) is 10.6 Å². The number of benzene rings is 2. The van der Waals surface area contributed by atoms with Gasteiger partial charge < -0.3 is 20.3 Å². The molecule has 0 aromatic heterocycles. The fourth-order valence-electron chi connectivity index (χ4n) is 2.61. The summed E-state index contributed by atoms with van der Waals surface area (Å²) in [5.74, 6) is -0.223. The molecule has 0 spiro atoms. The number of rotatable bonds is 9. The van der Waals surface area contributed by atoms with Gasteiger partial charge in [0.15, 0.2) is 13.1 Å². The van der Waals surface area contributed by atoms with Crippen LogP contribution in [0, 0.1) is 5.82 Å². The van der Waals surface area contributed by atoms with Crippen LogP contribution in [0.4, 0.5) is 10.1 Å². The van der Waals surface area contributed by atoms with E-state index in [-0.39, 0.29) is 37.3 Å². The van der Waals surface area contributed by atoms with E-state index in [1.807, 2.05) is 13.0 Å². The first-order valence-corrected chi connectivity index (χ1v) is 8.80. The van der Waals surface area contributed by atoms with Crippen LogP contribution in [0.3, 0.4) is 0 Å². The number of hydrogen-bond acceptors (Lipinski definition) is 3. The molecule has 0 radical (unpaired) electrons. The fourth-order valence-corrected chi connectivity index (χ4v) is 2.61. The Kier molecular flexibility index (Phi) is 7.76. The van der Waals surface area contributed by atoms with Gasteiger partial charge >= 0.3 is 0 Å². The zero-order valence-electron chi connectivity index (χ0n) is 15.5. The third-order valence-corrected chi connectivity index (χ3v) is 4.14. The van der Waals surface area contributed by atoms with Crippen molar-refractivity contribution >= 4 is 17.5 Å². The normalized spacial score (nSPS) is 11.5. The van der Waals surface area contributed by atoms with Gasteiger partial charge in [0.05, 0.1) is 19.3 Å². The lowest BCUT2D eigenvalue weighted by molar-refractivity contribution is -0.881. The maximum atomic E-state index is 13.6. The van der Waals surface area contributed by atoms with Crippen LogP contribution in [-0.2, 0) is 16.1 Å². The summed E-state index contributed by atoms with van der Waals surface area (Å²) in [7, 11) is 1.54. The molecular formula is C20H25FN3O3+. The van der Waals surface area contributed by atoms with E-state index in [4.69, 9.17) is 4.74 Å². The molecule has 3 N–H and O–H groups in total. The van der Waals surface area contributed by atoms with E-state index in [1.54, 1.807) is 36.4 Å². The minimum Gasteiger partial charge on any atom is -0.495 e. The number of likely N-dealkylation sites (N-methyl/N-ethyl adjacent to an activating group) is 1. The number of nitrogens with one attached hydrogen (secondary N) is 3. The minimum atomic E-state index is -0.353. The van der Waals surface area contributed by atoms with Crippen molar-refractivity contribution in [3.8, 4) is 5.75 Å². The van der Waals surface area contributed by atoms with Gasteiger partial charge in [0.25, 0.3) is 11.8 Å². The van der Waals surface area contributed by atoms with E-state index in [0.29, 0.717) is 23.5 Å². The number of para-hydroxylation sites is 2. The van der Waals surface area contributed by atoms with Gasteiger partial charge in [-0.05, 0) is 25.1 Å². The third-order valence-electron chi connectivity index (χ3n) is 4.14. The van der Waals surface area contributed by atoms with Crippen LogP contribution in [-0.4, -0.2) is 38.6 Å². The molecule has 2 aromatic rings.